The Hall–Kier alpha value is -2.83. The van der Waals surface area contributed by atoms with Gasteiger partial charge in [-0.25, -0.2) is 4.99 Å². The van der Waals surface area contributed by atoms with Crippen LogP contribution < -0.4 is 15.4 Å². The number of hydrogen-bond acceptors (Lipinski definition) is 5. The maximum absolute atomic E-state index is 12.8. The van der Waals surface area contributed by atoms with E-state index in [9.17, 15) is 13.2 Å². The lowest BCUT2D eigenvalue weighted by molar-refractivity contribution is -0.137. The van der Waals surface area contributed by atoms with E-state index >= 15 is 0 Å². The minimum absolute atomic E-state index is 0. The predicted octanol–water partition coefficient (Wildman–Crippen LogP) is 5.56. The molecule has 1 aromatic heterocycles. The minimum atomic E-state index is -4.37. The fourth-order valence-electron chi connectivity index (χ4n) is 2.71. The smallest absolute Gasteiger partial charge is 0.416 e. The number of halogens is 4. The van der Waals surface area contributed by atoms with E-state index in [0.29, 0.717) is 23.2 Å². The highest BCUT2D eigenvalue weighted by Gasteiger charge is 2.29. The Kier molecular flexibility index (Phi) is 9.50. The lowest BCUT2D eigenvalue weighted by Crippen LogP contribution is -2.30. The van der Waals surface area contributed by atoms with Gasteiger partial charge in [-0.1, -0.05) is 17.3 Å². The highest BCUT2D eigenvalue weighted by molar-refractivity contribution is 14.0. The first-order chi connectivity index (χ1) is 15.2. The van der Waals surface area contributed by atoms with Crippen LogP contribution in [0.25, 0.3) is 0 Å². The Morgan fingerprint density at radius 3 is 2.30 bits per heavy atom. The van der Waals surface area contributed by atoms with Crippen molar-refractivity contribution in [2.45, 2.75) is 46.1 Å². The van der Waals surface area contributed by atoms with Gasteiger partial charge in [-0.05, 0) is 62.7 Å². The summed E-state index contributed by atoms with van der Waals surface area (Å²) in [6.07, 6.45) is -4.31. The number of aromatic nitrogens is 2. The van der Waals surface area contributed by atoms with Crippen molar-refractivity contribution < 1.29 is 22.4 Å². The van der Waals surface area contributed by atoms with E-state index in [0.717, 1.165) is 23.6 Å². The van der Waals surface area contributed by atoms with Gasteiger partial charge in [-0.2, -0.15) is 18.2 Å². The van der Waals surface area contributed by atoms with Crippen molar-refractivity contribution in [1.82, 2.24) is 15.5 Å². The van der Waals surface area contributed by atoms with Gasteiger partial charge in [0.05, 0.1) is 24.8 Å². The fourth-order valence-corrected chi connectivity index (χ4v) is 2.71. The molecule has 0 amide bonds. The summed E-state index contributed by atoms with van der Waals surface area (Å²) in [6, 6.07) is 12.2. The molecule has 3 rings (SSSR count). The van der Waals surface area contributed by atoms with Crippen LogP contribution >= 0.6 is 24.0 Å². The number of aryl methyl sites for hydroxylation is 1. The molecule has 0 fully saturated rings. The van der Waals surface area contributed by atoms with Gasteiger partial charge in [0.25, 0.3) is 0 Å². The zero-order valence-electron chi connectivity index (χ0n) is 18.3. The number of ether oxygens (including phenoxy) is 1. The van der Waals surface area contributed by atoms with Crippen LogP contribution in [0.4, 0.5) is 18.9 Å². The molecule has 1 heterocycles. The molecule has 3 aromatic rings. The third-order valence-electron chi connectivity index (χ3n) is 4.17. The first-order valence-corrected chi connectivity index (χ1v) is 9.96. The van der Waals surface area contributed by atoms with Gasteiger partial charge in [-0.15, -0.1) is 24.0 Å². The van der Waals surface area contributed by atoms with E-state index in [1.165, 1.54) is 12.1 Å². The second kappa shape index (κ2) is 11.9. The summed E-state index contributed by atoms with van der Waals surface area (Å²) in [7, 11) is 0. The van der Waals surface area contributed by atoms with Crippen LogP contribution in [-0.4, -0.2) is 22.2 Å². The Balaban J connectivity index is 0.00000385. The average molecular weight is 575 g/mol. The molecule has 0 atom stereocenters. The van der Waals surface area contributed by atoms with Crippen molar-refractivity contribution in [1.29, 1.82) is 0 Å². The monoisotopic (exact) mass is 575 g/mol. The Morgan fingerprint density at radius 2 is 1.76 bits per heavy atom. The van der Waals surface area contributed by atoms with Crippen LogP contribution in [0.1, 0.15) is 36.7 Å². The molecule has 0 aliphatic heterocycles. The number of benzene rings is 2. The van der Waals surface area contributed by atoms with Gasteiger partial charge in [0.1, 0.15) is 5.75 Å². The average Bonchev–Trinajstić information content (AvgIpc) is 3.16. The van der Waals surface area contributed by atoms with Gasteiger partial charge < -0.3 is 19.9 Å². The molecule has 0 spiro atoms. The summed E-state index contributed by atoms with van der Waals surface area (Å²) in [4.78, 5) is 8.60. The third-order valence-corrected chi connectivity index (χ3v) is 4.17. The largest absolute Gasteiger partial charge is 0.491 e. The Morgan fingerprint density at radius 1 is 1.09 bits per heavy atom. The van der Waals surface area contributed by atoms with E-state index in [1.807, 2.05) is 38.1 Å². The third kappa shape index (κ3) is 8.56. The van der Waals surface area contributed by atoms with Crippen LogP contribution in [-0.2, 0) is 19.3 Å². The zero-order valence-corrected chi connectivity index (χ0v) is 20.6. The minimum Gasteiger partial charge on any atom is -0.491 e. The molecule has 178 valence electrons. The van der Waals surface area contributed by atoms with Crippen molar-refractivity contribution in [2.75, 3.05) is 5.32 Å². The van der Waals surface area contributed by atoms with E-state index < -0.39 is 11.7 Å². The summed E-state index contributed by atoms with van der Waals surface area (Å²) < 4.78 is 49.0. The molecule has 0 radical (unpaired) electrons. The zero-order chi connectivity index (χ0) is 23.1. The first-order valence-electron chi connectivity index (χ1n) is 9.96. The van der Waals surface area contributed by atoms with Crippen LogP contribution in [0.2, 0.25) is 0 Å². The number of nitrogens with zero attached hydrogens (tertiary/aromatic N) is 3. The number of alkyl halides is 3. The van der Waals surface area contributed by atoms with Crippen molar-refractivity contribution in [2.24, 2.45) is 4.99 Å². The van der Waals surface area contributed by atoms with Crippen molar-refractivity contribution in [3.8, 4) is 5.75 Å². The molecular formula is C22H25F3IN5O2. The molecule has 11 heteroatoms. The number of nitrogens with one attached hydrogen (secondary N) is 2. The SMILES string of the molecule is Cc1noc(CNC(=NCc2ccc(C(F)(F)F)cc2)Nc2ccc(OC(C)C)cc2)n1.I. The summed E-state index contributed by atoms with van der Waals surface area (Å²) in [5, 5.41) is 9.98. The van der Waals surface area contributed by atoms with Gasteiger partial charge in [-0.3, -0.25) is 0 Å². The molecule has 33 heavy (non-hydrogen) atoms. The van der Waals surface area contributed by atoms with Crippen LogP contribution in [0.15, 0.2) is 58.0 Å². The quantitative estimate of drug-likeness (QED) is 0.218. The van der Waals surface area contributed by atoms with E-state index in [1.54, 1.807) is 6.92 Å². The summed E-state index contributed by atoms with van der Waals surface area (Å²) in [5.74, 6) is 2.03. The van der Waals surface area contributed by atoms with E-state index in [-0.39, 0.29) is 43.2 Å². The number of aliphatic imine (C=N–C) groups is 1. The number of anilines is 1. The van der Waals surface area contributed by atoms with Gasteiger partial charge in [0.15, 0.2) is 11.8 Å². The standard InChI is InChI=1S/C22H24F3N5O2.HI/c1-14(2)31-19-10-8-18(9-11-19)29-21(27-13-20-28-15(3)30-32-20)26-12-16-4-6-17(7-5-16)22(23,24)25;/h4-11,14H,12-13H2,1-3H3,(H2,26,27,29);1H. The van der Waals surface area contributed by atoms with Crippen LogP contribution in [0.3, 0.4) is 0 Å². The molecule has 0 bridgehead atoms. The topological polar surface area (TPSA) is 84.6 Å². The molecule has 0 aliphatic rings. The lowest BCUT2D eigenvalue weighted by Gasteiger charge is -2.13. The molecule has 0 saturated carbocycles. The summed E-state index contributed by atoms with van der Waals surface area (Å²) >= 11 is 0. The maximum atomic E-state index is 12.8. The Bertz CT molecular complexity index is 1040. The maximum Gasteiger partial charge on any atom is 0.416 e. The number of guanidine groups is 1. The first kappa shape index (κ1) is 26.4. The second-order valence-corrected chi connectivity index (χ2v) is 7.26. The molecule has 0 aliphatic carbocycles. The van der Waals surface area contributed by atoms with Gasteiger partial charge in [0.2, 0.25) is 5.89 Å². The predicted molar refractivity (Wildman–Crippen MR) is 130 cm³/mol. The molecule has 0 unspecified atom stereocenters. The van der Waals surface area contributed by atoms with Crippen molar-refractivity contribution >= 4 is 35.6 Å². The van der Waals surface area contributed by atoms with E-state index in [4.69, 9.17) is 9.26 Å². The highest BCUT2D eigenvalue weighted by Crippen LogP contribution is 2.29. The lowest BCUT2D eigenvalue weighted by atomic mass is 10.1. The van der Waals surface area contributed by atoms with Crippen LogP contribution in [0.5, 0.6) is 5.75 Å². The molecule has 0 saturated heterocycles. The van der Waals surface area contributed by atoms with Crippen molar-refractivity contribution in [3.05, 3.63) is 71.4 Å². The molecule has 2 aromatic carbocycles. The molecular weight excluding hydrogens is 550 g/mol. The Labute approximate surface area is 206 Å². The molecule has 2 N–H and O–H groups in total. The normalized spacial score (nSPS) is 11.8. The van der Waals surface area contributed by atoms with Crippen LogP contribution in [0, 0.1) is 6.92 Å². The summed E-state index contributed by atoms with van der Waals surface area (Å²) in [5.41, 5.74) is 0.687. The van der Waals surface area contributed by atoms with Crippen molar-refractivity contribution in [3.63, 3.8) is 0 Å². The van der Waals surface area contributed by atoms with Gasteiger partial charge in [0, 0.05) is 5.69 Å². The van der Waals surface area contributed by atoms with Gasteiger partial charge >= 0.3 is 6.18 Å². The fraction of sp³-hybridized carbons (Fsp3) is 0.318. The van der Waals surface area contributed by atoms with E-state index in [2.05, 4.69) is 25.8 Å². The summed E-state index contributed by atoms with van der Waals surface area (Å²) in [6.45, 7) is 6.01. The number of rotatable bonds is 7. The number of hydrogen-bond donors (Lipinski definition) is 2. The second-order valence-electron chi connectivity index (χ2n) is 7.26. The highest BCUT2D eigenvalue weighted by atomic mass is 127. The molecule has 7 nitrogen and oxygen atoms in total.